The molecule has 1 aromatic heterocycles. The molecule has 0 atom stereocenters. The Morgan fingerprint density at radius 3 is 2.47 bits per heavy atom. The van der Waals surface area contributed by atoms with Crippen molar-refractivity contribution in [1.29, 1.82) is 5.26 Å². The normalized spacial score (nSPS) is 10.9. The van der Waals surface area contributed by atoms with Crippen LogP contribution in [0.4, 0.5) is 11.9 Å². The van der Waals surface area contributed by atoms with Crippen LogP contribution in [0.25, 0.3) is 0 Å². The summed E-state index contributed by atoms with van der Waals surface area (Å²) in [6, 6.07) is 0. The molecule has 6 nitrogen and oxygen atoms in total. The largest absolute Gasteiger partial charge is 0.349 e. The highest BCUT2D eigenvalue weighted by molar-refractivity contribution is 7.98. The number of nitriles is 1. The molecule has 0 aliphatic rings. The number of anilines is 2. The maximum atomic E-state index is 9.15. The van der Waals surface area contributed by atoms with Gasteiger partial charge in [0.25, 0.3) is 0 Å². The van der Waals surface area contributed by atoms with Gasteiger partial charge in [-0.3, -0.25) is 0 Å². The molecule has 19 heavy (non-hydrogen) atoms. The SMILES string of the molecule is CCCN(C#N)c1nc(NC(C)(C)C)nc(SC)n1. The lowest BCUT2D eigenvalue weighted by molar-refractivity contribution is 0.621. The smallest absolute Gasteiger partial charge is 0.244 e. The van der Waals surface area contributed by atoms with Crippen LogP contribution < -0.4 is 10.2 Å². The lowest BCUT2D eigenvalue weighted by atomic mass is 10.1. The Morgan fingerprint density at radius 2 is 2.00 bits per heavy atom. The van der Waals surface area contributed by atoms with Crippen molar-refractivity contribution in [2.75, 3.05) is 23.0 Å². The second kappa shape index (κ2) is 6.57. The van der Waals surface area contributed by atoms with Gasteiger partial charge < -0.3 is 5.32 Å². The second-order valence-corrected chi connectivity index (χ2v) is 5.85. The molecule has 1 N–H and O–H groups in total. The lowest BCUT2D eigenvalue weighted by Gasteiger charge is -2.21. The fraction of sp³-hybridized carbons (Fsp3) is 0.667. The summed E-state index contributed by atoms with van der Waals surface area (Å²) in [7, 11) is 0. The molecule has 0 spiro atoms. The van der Waals surface area contributed by atoms with Crippen LogP contribution in [0, 0.1) is 11.5 Å². The minimum absolute atomic E-state index is 0.142. The van der Waals surface area contributed by atoms with Crippen molar-refractivity contribution in [1.82, 2.24) is 15.0 Å². The molecule has 0 fully saturated rings. The Bertz CT molecular complexity index is 462. The van der Waals surface area contributed by atoms with Gasteiger partial charge in [0.15, 0.2) is 11.3 Å². The first kappa shape index (κ1) is 15.5. The lowest BCUT2D eigenvalue weighted by Crippen LogP contribution is -2.28. The monoisotopic (exact) mass is 280 g/mol. The molecule has 0 bridgehead atoms. The molecular formula is C12H20N6S. The number of hydrogen-bond donors (Lipinski definition) is 1. The molecule has 0 aliphatic heterocycles. The molecule has 0 aliphatic carbocycles. The Morgan fingerprint density at radius 1 is 1.32 bits per heavy atom. The highest BCUT2D eigenvalue weighted by atomic mass is 32.2. The van der Waals surface area contributed by atoms with Crippen LogP contribution in [-0.4, -0.2) is 33.3 Å². The second-order valence-electron chi connectivity index (χ2n) is 5.07. The summed E-state index contributed by atoms with van der Waals surface area (Å²) in [5, 5.41) is 13.0. The van der Waals surface area contributed by atoms with Crippen molar-refractivity contribution in [3.8, 4) is 6.19 Å². The van der Waals surface area contributed by atoms with E-state index in [2.05, 4.69) is 26.5 Å². The van der Waals surface area contributed by atoms with E-state index >= 15 is 0 Å². The summed E-state index contributed by atoms with van der Waals surface area (Å²) in [4.78, 5) is 14.4. The van der Waals surface area contributed by atoms with Gasteiger partial charge in [-0.1, -0.05) is 18.7 Å². The zero-order valence-corrected chi connectivity index (χ0v) is 12.9. The molecule has 7 heteroatoms. The summed E-state index contributed by atoms with van der Waals surface area (Å²) < 4.78 is 0. The minimum Gasteiger partial charge on any atom is -0.349 e. The molecule has 1 rings (SSSR count). The van der Waals surface area contributed by atoms with Gasteiger partial charge in [-0.25, -0.2) is 4.90 Å². The number of thioether (sulfide) groups is 1. The highest BCUT2D eigenvalue weighted by Crippen LogP contribution is 2.18. The molecule has 0 saturated heterocycles. The van der Waals surface area contributed by atoms with E-state index in [0.717, 1.165) is 6.42 Å². The predicted octanol–water partition coefficient (Wildman–Crippen LogP) is 2.50. The molecule has 0 unspecified atom stereocenters. The first-order chi connectivity index (χ1) is 8.89. The topological polar surface area (TPSA) is 77.7 Å². The van der Waals surface area contributed by atoms with Crippen molar-refractivity contribution >= 4 is 23.7 Å². The molecular weight excluding hydrogens is 260 g/mol. The van der Waals surface area contributed by atoms with Gasteiger partial charge >= 0.3 is 0 Å². The van der Waals surface area contributed by atoms with E-state index in [4.69, 9.17) is 5.26 Å². The Balaban J connectivity index is 3.11. The number of nitrogens with one attached hydrogen (secondary N) is 1. The fourth-order valence-corrected chi connectivity index (χ4v) is 1.72. The molecule has 1 aromatic rings. The molecule has 0 aromatic carbocycles. The van der Waals surface area contributed by atoms with Crippen LogP contribution in [0.5, 0.6) is 0 Å². The molecule has 1 heterocycles. The van der Waals surface area contributed by atoms with Gasteiger partial charge in [0.05, 0.1) is 0 Å². The summed E-state index contributed by atoms with van der Waals surface area (Å²) in [6.45, 7) is 8.70. The van der Waals surface area contributed by atoms with Gasteiger partial charge in [-0.05, 0) is 33.4 Å². The van der Waals surface area contributed by atoms with E-state index in [1.54, 1.807) is 0 Å². The van der Waals surface area contributed by atoms with Gasteiger partial charge in [0.2, 0.25) is 11.9 Å². The third-order valence-corrected chi connectivity index (χ3v) is 2.63. The van der Waals surface area contributed by atoms with E-state index in [1.807, 2.05) is 34.0 Å². The average Bonchev–Trinajstić information content (AvgIpc) is 2.33. The van der Waals surface area contributed by atoms with E-state index in [1.165, 1.54) is 16.7 Å². The van der Waals surface area contributed by atoms with Gasteiger partial charge in [0, 0.05) is 12.1 Å². The van der Waals surface area contributed by atoms with E-state index in [9.17, 15) is 0 Å². The fourth-order valence-electron chi connectivity index (χ4n) is 1.37. The molecule has 0 saturated carbocycles. The zero-order chi connectivity index (χ0) is 14.5. The third-order valence-electron chi connectivity index (χ3n) is 2.08. The zero-order valence-electron chi connectivity index (χ0n) is 12.1. The van der Waals surface area contributed by atoms with Crippen LogP contribution >= 0.6 is 11.8 Å². The summed E-state index contributed by atoms with van der Waals surface area (Å²) in [6.07, 6.45) is 4.86. The summed E-state index contributed by atoms with van der Waals surface area (Å²) in [5.41, 5.74) is -0.142. The Kier molecular flexibility index (Phi) is 5.36. The Labute approximate surface area is 118 Å². The predicted molar refractivity (Wildman–Crippen MR) is 78.2 cm³/mol. The Hall–Kier alpha value is -1.55. The van der Waals surface area contributed by atoms with E-state index in [0.29, 0.717) is 23.6 Å². The summed E-state index contributed by atoms with van der Waals surface area (Å²) in [5.74, 6) is 0.897. The first-order valence-corrected chi connectivity index (χ1v) is 7.37. The van der Waals surface area contributed by atoms with Gasteiger partial charge in [-0.2, -0.15) is 20.2 Å². The van der Waals surface area contributed by atoms with Crippen LogP contribution in [0.1, 0.15) is 34.1 Å². The summed E-state index contributed by atoms with van der Waals surface area (Å²) >= 11 is 1.43. The van der Waals surface area contributed by atoms with Crippen molar-refractivity contribution in [3.63, 3.8) is 0 Å². The standard InChI is InChI=1S/C12H20N6S/c1-6-7-18(8-13)10-14-9(17-12(2,3)4)15-11(16-10)19-5/h6-7H2,1-5H3,(H,14,15,16,17). The van der Waals surface area contributed by atoms with Crippen molar-refractivity contribution in [3.05, 3.63) is 0 Å². The number of hydrogen-bond acceptors (Lipinski definition) is 7. The minimum atomic E-state index is -0.142. The van der Waals surface area contributed by atoms with Gasteiger partial charge in [-0.15, -0.1) is 0 Å². The quantitative estimate of drug-likeness (QED) is 0.504. The maximum absolute atomic E-state index is 9.15. The molecule has 0 amide bonds. The van der Waals surface area contributed by atoms with Crippen LogP contribution in [0.15, 0.2) is 5.16 Å². The van der Waals surface area contributed by atoms with Crippen molar-refractivity contribution in [2.45, 2.75) is 44.8 Å². The maximum Gasteiger partial charge on any atom is 0.244 e. The first-order valence-electron chi connectivity index (χ1n) is 6.15. The van der Waals surface area contributed by atoms with Gasteiger partial charge in [0.1, 0.15) is 0 Å². The highest BCUT2D eigenvalue weighted by Gasteiger charge is 2.16. The van der Waals surface area contributed by atoms with E-state index in [-0.39, 0.29) is 5.54 Å². The number of rotatable bonds is 5. The van der Waals surface area contributed by atoms with Crippen LogP contribution in [-0.2, 0) is 0 Å². The molecule has 0 radical (unpaired) electrons. The third kappa shape index (κ3) is 4.91. The van der Waals surface area contributed by atoms with Crippen LogP contribution in [0.3, 0.4) is 0 Å². The van der Waals surface area contributed by atoms with Crippen LogP contribution in [0.2, 0.25) is 0 Å². The number of nitrogens with zero attached hydrogens (tertiary/aromatic N) is 5. The van der Waals surface area contributed by atoms with Crippen molar-refractivity contribution in [2.24, 2.45) is 0 Å². The average molecular weight is 280 g/mol. The van der Waals surface area contributed by atoms with Crippen molar-refractivity contribution < 1.29 is 0 Å². The number of aromatic nitrogens is 3. The molecule has 104 valence electrons. The van der Waals surface area contributed by atoms with E-state index < -0.39 is 0 Å².